The average Bonchev–Trinajstić information content (AvgIpc) is 2.16. The highest BCUT2D eigenvalue weighted by molar-refractivity contribution is 5.25. The lowest BCUT2D eigenvalue weighted by Gasteiger charge is -2.12. The first-order valence-electron chi connectivity index (χ1n) is 4.72. The zero-order valence-corrected chi connectivity index (χ0v) is 8.38. The van der Waals surface area contributed by atoms with Crippen LogP contribution in [0.15, 0.2) is 24.3 Å². The fraction of sp³-hybridized carbons (Fsp3) is 0.455. The van der Waals surface area contributed by atoms with Gasteiger partial charge in [-0.15, -0.1) is 0 Å². The maximum Gasteiger partial charge on any atom is 0.0211 e. The number of hydrogen-bond acceptors (Lipinski definition) is 2. The molecule has 13 heavy (non-hydrogen) atoms. The fourth-order valence-corrected chi connectivity index (χ4v) is 1.18. The SMILES string of the molecule is Cc1ccccc1CN[C@@H](C)CN. The molecule has 0 amide bonds. The quantitative estimate of drug-likeness (QED) is 0.732. The van der Waals surface area contributed by atoms with Gasteiger partial charge < -0.3 is 11.1 Å². The Balaban J connectivity index is 2.50. The summed E-state index contributed by atoms with van der Waals surface area (Å²) in [4.78, 5) is 0. The highest BCUT2D eigenvalue weighted by Crippen LogP contribution is 2.06. The first-order chi connectivity index (χ1) is 6.24. The van der Waals surface area contributed by atoms with Crippen molar-refractivity contribution in [2.75, 3.05) is 6.54 Å². The van der Waals surface area contributed by atoms with Crippen molar-refractivity contribution in [3.63, 3.8) is 0 Å². The molecule has 0 unspecified atom stereocenters. The summed E-state index contributed by atoms with van der Waals surface area (Å²) in [5.74, 6) is 0. The van der Waals surface area contributed by atoms with Crippen LogP contribution in [-0.4, -0.2) is 12.6 Å². The van der Waals surface area contributed by atoms with E-state index in [9.17, 15) is 0 Å². The van der Waals surface area contributed by atoms with Crippen molar-refractivity contribution in [2.24, 2.45) is 5.73 Å². The third kappa shape index (κ3) is 3.17. The monoisotopic (exact) mass is 178 g/mol. The van der Waals surface area contributed by atoms with Crippen molar-refractivity contribution < 1.29 is 0 Å². The van der Waals surface area contributed by atoms with Gasteiger partial charge in [0.2, 0.25) is 0 Å². The standard InChI is InChI=1S/C11H18N2/c1-9-5-3-4-6-11(9)8-13-10(2)7-12/h3-6,10,13H,7-8,12H2,1-2H3/t10-/m0/s1. The van der Waals surface area contributed by atoms with E-state index in [4.69, 9.17) is 5.73 Å². The van der Waals surface area contributed by atoms with Crippen LogP contribution in [0.25, 0.3) is 0 Å². The van der Waals surface area contributed by atoms with Crippen molar-refractivity contribution in [1.82, 2.24) is 5.32 Å². The van der Waals surface area contributed by atoms with Gasteiger partial charge in [-0.2, -0.15) is 0 Å². The molecule has 0 bridgehead atoms. The Bertz CT molecular complexity index is 258. The molecule has 0 saturated heterocycles. The van der Waals surface area contributed by atoms with Crippen LogP contribution in [0, 0.1) is 6.92 Å². The number of rotatable bonds is 4. The van der Waals surface area contributed by atoms with E-state index in [-0.39, 0.29) is 0 Å². The molecule has 1 aromatic carbocycles. The normalized spacial score (nSPS) is 12.8. The number of nitrogens with one attached hydrogen (secondary N) is 1. The Morgan fingerprint density at radius 3 is 2.69 bits per heavy atom. The van der Waals surface area contributed by atoms with Crippen LogP contribution in [0.3, 0.4) is 0 Å². The second-order valence-corrected chi connectivity index (χ2v) is 3.44. The lowest BCUT2D eigenvalue weighted by Crippen LogP contribution is -2.32. The molecule has 1 rings (SSSR count). The molecule has 72 valence electrons. The minimum absolute atomic E-state index is 0.389. The predicted molar refractivity (Wildman–Crippen MR) is 56.5 cm³/mol. The Kier molecular flexibility index (Phi) is 3.93. The fourth-order valence-electron chi connectivity index (χ4n) is 1.18. The van der Waals surface area contributed by atoms with E-state index in [2.05, 4.69) is 43.4 Å². The van der Waals surface area contributed by atoms with E-state index in [1.807, 2.05) is 0 Å². The van der Waals surface area contributed by atoms with E-state index in [1.54, 1.807) is 0 Å². The van der Waals surface area contributed by atoms with Gasteiger partial charge in [0.15, 0.2) is 0 Å². The van der Waals surface area contributed by atoms with E-state index in [0.717, 1.165) is 6.54 Å². The van der Waals surface area contributed by atoms with Crippen LogP contribution in [0.1, 0.15) is 18.1 Å². The second kappa shape index (κ2) is 5.00. The minimum atomic E-state index is 0.389. The summed E-state index contributed by atoms with van der Waals surface area (Å²) in [6, 6.07) is 8.79. The number of nitrogens with two attached hydrogens (primary N) is 1. The first kappa shape index (κ1) is 10.2. The van der Waals surface area contributed by atoms with Crippen LogP contribution in [0.4, 0.5) is 0 Å². The molecule has 1 aromatic rings. The number of benzene rings is 1. The van der Waals surface area contributed by atoms with Crippen LogP contribution in [0.2, 0.25) is 0 Å². The average molecular weight is 178 g/mol. The third-order valence-corrected chi connectivity index (χ3v) is 2.26. The van der Waals surface area contributed by atoms with E-state index < -0.39 is 0 Å². The van der Waals surface area contributed by atoms with Gasteiger partial charge in [0.1, 0.15) is 0 Å². The molecule has 2 nitrogen and oxygen atoms in total. The lowest BCUT2D eigenvalue weighted by atomic mass is 10.1. The molecule has 0 aromatic heterocycles. The minimum Gasteiger partial charge on any atom is -0.329 e. The molecule has 0 aliphatic heterocycles. The van der Waals surface area contributed by atoms with E-state index in [1.165, 1.54) is 11.1 Å². The van der Waals surface area contributed by atoms with Crippen LogP contribution < -0.4 is 11.1 Å². The van der Waals surface area contributed by atoms with Crippen molar-refractivity contribution >= 4 is 0 Å². The van der Waals surface area contributed by atoms with Gasteiger partial charge >= 0.3 is 0 Å². The van der Waals surface area contributed by atoms with Gasteiger partial charge in [0.05, 0.1) is 0 Å². The molecule has 0 saturated carbocycles. The molecule has 0 fully saturated rings. The maximum absolute atomic E-state index is 5.51. The van der Waals surface area contributed by atoms with E-state index >= 15 is 0 Å². The largest absolute Gasteiger partial charge is 0.329 e. The van der Waals surface area contributed by atoms with Crippen LogP contribution in [0.5, 0.6) is 0 Å². The highest BCUT2D eigenvalue weighted by atomic mass is 14.9. The molecule has 0 aliphatic rings. The van der Waals surface area contributed by atoms with Gasteiger partial charge in [-0.1, -0.05) is 24.3 Å². The molecule has 0 aliphatic carbocycles. The Labute approximate surface area is 80.1 Å². The summed E-state index contributed by atoms with van der Waals surface area (Å²) in [6.07, 6.45) is 0. The Morgan fingerprint density at radius 1 is 1.38 bits per heavy atom. The summed E-state index contributed by atoms with van der Waals surface area (Å²) in [5, 5.41) is 3.36. The Hall–Kier alpha value is -0.860. The lowest BCUT2D eigenvalue weighted by molar-refractivity contribution is 0.555. The molecule has 0 heterocycles. The van der Waals surface area contributed by atoms with Gasteiger partial charge in [0, 0.05) is 19.1 Å². The van der Waals surface area contributed by atoms with Gasteiger partial charge in [-0.3, -0.25) is 0 Å². The molecular weight excluding hydrogens is 160 g/mol. The van der Waals surface area contributed by atoms with Gasteiger partial charge in [-0.05, 0) is 25.0 Å². The summed E-state index contributed by atoms with van der Waals surface area (Å²) < 4.78 is 0. The van der Waals surface area contributed by atoms with Gasteiger partial charge in [-0.25, -0.2) is 0 Å². The molecule has 3 N–H and O–H groups in total. The third-order valence-electron chi connectivity index (χ3n) is 2.26. The summed E-state index contributed by atoms with van der Waals surface area (Å²) in [5.41, 5.74) is 8.19. The molecule has 0 spiro atoms. The summed E-state index contributed by atoms with van der Waals surface area (Å²) in [6.45, 7) is 5.82. The Morgan fingerprint density at radius 2 is 2.08 bits per heavy atom. The highest BCUT2D eigenvalue weighted by Gasteiger charge is 1.99. The topological polar surface area (TPSA) is 38.0 Å². The van der Waals surface area contributed by atoms with Crippen molar-refractivity contribution in [1.29, 1.82) is 0 Å². The summed E-state index contributed by atoms with van der Waals surface area (Å²) in [7, 11) is 0. The smallest absolute Gasteiger partial charge is 0.0211 e. The maximum atomic E-state index is 5.51. The number of aryl methyl sites for hydroxylation is 1. The van der Waals surface area contributed by atoms with E-state index in [0.29, 0.717) is 12.6 Å². The number of hydrogen-bond donors (Lipinski definition) is 2. The molecule has 0 radical (unpaired) electrons. The second-order valence-electron chi connectivity index (χ2n) is 3.44. The zero-order valence-electron chi connectivity index (χ0n) is 8.38. The summed E-state index contributed by atoms with van der Waals surface area (Å²) >= 11 is 0. The van der Waals surface area contributed by atoms with Crippen molar-refractivity contribution in [3.8, 4) is 0 Å². The van der Waals surface area contributed by atoms with Crippen LogP contribution >= 0.6 is 0 Å². The van der Waals surface area contributed by atoms with Crippen LogP contribution in [-0.2, 0) is 6.54 Å². The zero-order chi connectivity index (χ0) is 9.68. The molecule has 2 heteroatoms. The predicted octanol–water partition coefficient (Wildman–Crippen LogP) is 1.43. The van der Waals surface area contributed by atoms with Gasteiger partial charge in [0.25, 0.3) is 0 Å². The first-order valence-corrected chi connectivity index (χ1v) is 4.72. The molecular formula is C11H18N2. The van der Waals surface area contributed by atoms with Crippen molar-refractivity contribution in [2.45, 2.75) is 26.4 Å². The van der Waals surface area contributed by atoms with Crippen molar-refractivity contribution in [3.05, 3.63) is 35.4 Å². The molecule has 1 atom stereocenters.